The maximum Gasteiger partial charge on any atom is 0.225 e. The summed E-state index contributed by atoms with van der Waals surface area (Å²) >= 11 is 0. The van der Waals surface area contributed by atoms with Gasteiger partial charge in [-0.25, -0.2) is 0 Å². The van der Waals surface area contributed by atoms with Crippen LogP contribution < -0.4 is 0 Å². The van der Waals surface area contributed by atoms with E-state index in [1.807, 2.05) is 9.80 Å². The van der Waals surface area contributed by atoms with E-state index in [1.54, 1.807) is 0 Å². The molecule has 2 saturated heterocycles. The summed E-state index contributed by atoms with van der Waals surface area (Å²) in [6.45, 7) is 18.5. The average molecular weight is 507 g/mol. The number of nitrogens with zero attached hydrogens (tertiary/aromatic N) is 4. The van der Waals surface area contributed by atoms with Crippen LogP contribution in [0.5, 0.6) is 0 Å². The Kier molecular flexibility index (Phi) is 15.7. The fourth-order valence-electron chi connectivity index (χ4n) is 6.13. The molecule has 0 aromatic heterocycles. The predicted octanol–water partition coefficient (Wildman–Crippen LogP) is 5.27. The molecule has 0 N–H and O–H groups in total. The Morgan fingerprint density at radius 2 is 0.806 bits per heavy atom. The Balaban J connectivity index is 1.39. The second-order valence-electron chi connectivity index (χ2n) is 11.1. The number of rotatable bonds is 17. The minimum absolute atomic E-state index is 0.259. The van der Waals surface area contributed by atoms with E-state index in [2.05, 4.69) is 37.5 Å². The largest absolute Gasteiger partial charge is 0.343 e. The number of hydrogen-bond acceptors (Lipinski definition) is 4. The van der Waals surface area contributed by atoms with Crippen molar-refractivity contribution in [1.29, 1.82) is 0 Å². The summed E-state index contributed by atoms with van der Waals surface area (Å²) in [6, 6.07) is 0. The molecule has 2 rings (SSSR count). The van der Waals surface area contributed by atoms with Crippen LogP contribution >= 0.6 is 0 Å². The molecule has 2 fully saturated rings. The first-order valence-electron chi connectivity index (χ1n) is 15.6. The molecular weight excluding hydrogens is 448 g/mol. The Labute approximate surface area is 223 Å². The smallest absolute Gasteiger partial charge is 0.225 e. The van der Waals surface area contributed by atoms with E-state index < -0.39 is 0 Å². The molecule has 0 aliphatic carbocycles. The zero-order chi connectivity index (χ0) is 26.2. The number of unbranched alkanes of at least 4 members (excludes halogenated alkanes) is 7. The van der Waals surface area contributed by atoms with Crippen LogP contribution in [0.3, 0.4) is 0 Å². The van der Waals surface area contributed by atoms with Gasteiger partial charge < -0.3 is 19.6 Å². The second-order valence-corrected chi connectivity index (χ2v) is 11.1. The number of carbonyl (C=O) groups excluding carboxylic acids is 2. The van der Waals surface area contributed by atoms with Gasteiger partial charge in [-0.15, -0.1) is 0 Å². The van der Waals surface area contributed by atoms with E-state index in [-0.39, 0.29) is 11.8 Å². The van der Waals surface area contributed by atoms with Gasteiger partial charge in [0.05, 0.1) is 0 Å². The first-order chi connectivity index (χ1) is 17.5. The summed E-state index contributed by atoms with van der Waals surface area (Å²) in [5, 5.41) is 0. The summed E-state index contributed by atoms with van der Waals surface area (Å²) in [4.78, 5) is 34.2. The first kappa shape index (κ1) is 31.1. The standard InChI is InChI=1S/C30H58N4O2/c1-5-33(6-2)29(35)27-17-23-31(24-18-27)21-15-13-11-9-10-12-14-16-22-32-25-19-28(20-26-32)30(36)34(7-3)8-4/h27-28H,5-26H2,1-4H3. The van der Waals surface area contributed by atoms with Crippen LogP contribution in [0.15, 0.2) is 0 Å². The summed E-state index contributed by atoms with van der Waals surface area (Å²) in [5.41, 5.74) is 0. The SMILES string of the molecule is CCN(CC)C(=O)C1CCN(CCCCCCCCCCN2CCC(C(=O)N(CC)CC)CC2)CC1. The maximum absolute atomic E-state index is 12.5. The second kappa shape index (κ2) is 18.2. The summed E-state index contributed by atoms with van der Waals surface area (Å²) in [5.74, 6) is 1.28. The molecule has 36 heavy (non-hydrogen) atoms. The molecule has 0 bridgehead atoms. The van der Waals surface area contributed by atoms with Crippen molar-refractivity contribution in [2.24, 2.45) is 11.8 Å². The van der Waals surface area contributed by atoms with Crippen molar-refractivity contribution in [3.05, 3.63) is 0 Å². The van der Waals surface area contributed by atoms with Crippen LogP contribution in [-0.4, -0.2) is 96.9 Å². The van der Waals surface area contributed by atoms with Gasteiger partial charge in [-0.2, -0.15) is 0 Å². The molecule has 0 unspecified atom stereocenters. The Morgan fingerprint density at radius 3 is 1.08 bits per heavy atom. The number of hydrogen-bond donors (Lipinski definition) is 0. The molecule has 210 valence electrons. The zero-order valence-corrected chi connectivity index (χ0v) is 24.3. The molecule has 0 atom stereocenters. The van der Waals surface area contributed by atoms with Crippen molar-refractivity contribution in [3.63, 3.8) is 0 Å². The quantitative estimate of drug-likeness (QED) is 0.252. The summed E-state index contributed by atoms with van der Waals surface area (Å²) in [7, 11) is 0. The summed E-state index contributed by atoms with van der Waals surface area (Å²) < 4.78 is 0. The molecule has 0 aromatic carbocycles. The van der Waals surface area contributed by atoms with E-state index in [4.69, 9.17) is 0 Å². The zero-order valence-electron chi connectivity index (χ0n) is 24.3. The molecule has 0 saturated carbocycles. The monoisotopic (exact) mass is 506 g/mol. The molecule has 0 aromatic rings. The summed E-state index contributed by atoms with van der Waals surface area (Å²) in [6.07, 6.45) is 15.0. The van der Waals surface area contributed by atoms with Gasteiger partial charge in [0.1, 0.15) is 0 Å². The van der Waals surface area contributed by atoms with Crippen molar-refractivity contribution in [3.8, 4) is 0 Å². The van der Waals surface area contributed by atoms with Crippen LogP contribution in [0.4, 0.5) is 0 Å². The molecule has 2 heterocycles. The van der Waals surface area contributed by atoms with Gasteiger partial charge in [-0.3, -0.25) is 9.59 Å². The Hall–Kier alpha value is -1.14. The maximum atomic E-state index is 12.5. The van der Waals surface area contributed by atoms with Crippen molar-refractivity contribution in [1.82, 2.24) is 19.6 Å². The number of piperidine rings is 2. The van der Waals surface area contributed by atoms with E-state index in [0.29, 0.717) is 11.8 Å². The fraction of sp³-hybridized carbons (Fsp3) is 0.933. The van der Waals surface area contributed by atoms with Gasteiger partial charge >= 0.3 is 0 Å². The molecular formula is C30H58N4O2. The van der Waals surface area contributed by atoms with Crippen molar-refractivity contribution < 1.29 is 9.59 Å². The fourth-order valence-corrected chi connectivity index (χ4v) is 6.13. The van der Waals surface area contributed by atoms with E-state index >= 15 is 0 Å². The van der Waals surface area contributed by atoms with Crippen LogP contribution in [0, 0.1) is 11.8 Å². The van der Waals surface area contributed by atoms with Crippen LogP contribution in [-0.2, 0) is 9.59 Å². The molecule has 2 amide bonds. The van der Waals surface area contributed by atoms with Gasteiger partial charge in [-0.1, -0.05) is 38.5 Å². The highest BCUT2D eigenvalue weighted by molar-refractivity contribution is 5.79. The lowest BCUT2D eigenvalue weighted by Gasteiger charge is -2.33. The lowest BCUT2D eigenvalue weighted by molar-refractivity contribution is -0.137. The normalized spacial score (nSPS) is 18.4. The first-order valence-corrected chi connectivity index (χ1v) is 15.6. The Morgan fingerprint density at radius 1 is 0.528 bits per heavy atom. The van der Waals surface area contributed by atoms with Crippen molar-refractivity contribution >= 4 is 11.8 Å². The van der Waals surface area contributed by atoms with Gasteiger partial charge in [0.25, 0.3) is 0 Å². The van der Waals surface area contributed by atoms with Crippen molar-refractivity contribution in [2.45, 2.75) is 105 Å². The molecule has 0 spiro atoms. The van der Waals surface area contributed by atoms with E-state index in [9.17, 15) is 9.59 Å². The van der Waals surface area contributed by atoms with Crippen LogP contribution in [0.25, 0.3) is 0 Å². The highest BCUT2D eigenvalue weighted by atomic mass is 16.2. The molecule has 2 aliphatic heterocycles. The predicted molar refractivity (Wildman–Crippen MR) is 151 cm³/mol. The number of amides is 2. The van der Waals surface area contributed by atoms with Gasteiger partial charge in [0, 0.05) is 38.0 Å². The third-order valence-electron chi connectivity index (χ3n) is 8.72. The van der Waals surface area contributed by atoms with Crippen LogP contribution in [0.2, 0.25) is 0 Å². The average Bonchev–Trinajstić information content (AvgIpc) is 2.91. The third-order valence-corrected chi connectivity index (χ3v) is 8.72. The topological polar surface area (TPSA) is 47.1 Å². The lowest BCUT2D eigenvalue weighted by atomic mass is 9.95. The minimum atomic E-state index is 0.259. The molecule has 0 radical (unpaired) electrons. The Bertz CT molecular complexity index is 538. The lowest BCUT2D eigenvalue weighted by Crippen LogP contribution is -2.42. The molecule has 6 heteroatoms. The number of carbonyl (C=O) groups is 2. The van der Waals surface area contributed by atoms with Crippen LogP contribution in [0.1, 0.15) is 105 Å². The van der Waals surface area contributed by atoms with Crippen molar-refractivity contribution in [2.75, 3.05) is 65.4 Å². The minimum Gasteiger partial charge on any atom is -0.343 e. The molecule has 2 aliphatic rings. The van der Waals surface area contributed by atoms with E-state index in [0.717, 1.165) is 78.0 Å². The third kappa shape index (κ3) is 10.7. The van der Waals surface area contributed by atoms with Gasteiger partial charge in [0.2, 0.25) is 11.8 Å². The highest BCUT2D eigenvalue weighted by Gasteiger charge is 2.28. The van der Waals surface area contributed by atoms with Gasteiger partial charge in [-0.05, 0) is 105 Å². The van der Waals surface area contributed by atoms with Gasteiger partial charge in [0.15, 0.2) is 0 Å². The highest BCUT2D eigenvalue weighted by Crippen LogP contribution is 2.22. The molecule has 6 nitrogen and oxygen atoms in total. The van der Waals surface area contributed by atoms with E-state index in [1.165, 1.54) is 64.5 Å². The number of likely N-dealkylation sites (tertiary alicyclic amines) is 2.